The van der Waals surface area contributed by atoms with Crippen LogP contribution in [0.25, 0.3) is 16.8 Å². The zero-order valence-corrected chi connectivity index (χ0v) is 8.32. The highest BCUT2D eigenvalue weighted by atomic mass is 16.5. The van der Waals surface area contributed by atoms with Crippen LogP contribution in [0.1, 0.15) is 0 Å². The van der Waals surface area contributed by atoms with E-state index in [-0.39, 0.29) is 0 Å². The van der Waals surface area contributed by atoms with E-state index >= 15 is 0 Å². The van der Waals surface area contributed by atoms with E-state index in [9.17, 15) is 5.21 Å². The minimum Gasteiger partial charge on any atom is -0.619 e. The van der Waals surface area contributed by atoms with Crippen molar-refractivity contribution in [2.24, 2.45) is 0 Å². The topological polar surface area (TPSA) is 57.1 Å². The molecule has 0 amide bonds. The van der Waals surface area contributed by atoms with Gasteiger partial charge in [-0.1, -0.05) is 0 Å². The summed E-state index contributed by atoms with van der Waals surface area (Å²) >= 11 is 0. The van der Waals surface area contributed by atoms with Crippen molar-refractivity contribution in [1.82, 2.24) is 14.6 Å². The first-order valence-corrected chi connectivity index (χ1v) is 4.81. The first-order chi connectivity index (χ1) is 7.83. The summed E-state index contributed by atoms with van der Waals surface area (Å²) in [6, 6.07) is 5.43. The lowest BCUT2D eigenvalue weighted by molar-refractivity contribution is -0.605. The Bertz CT molecular complexity index is 630. The van der Waals surface area contributed by atoms with E-state index in [1.54, 1.807) is 35.2 Å². The Balaban J connectivity index is 2.14. The molecule has 0 saturated heterocycles. The first kappa shape index (κ1) is 8.84. The van der Waals surface area contributed by atoms with Crippen LogP contribution in [0.2, 0.25) is 0 Å². The molecule has 3 aromatic heterocycles. The molecule has 0 fully saturated rings. The Morgan fingerprint density at radius 2 is 2.00 bits per heavy atom. The number of pyridine rings is 1. The predicted molar refractivity (Wildman–Crippen MR) is 57.4 cm³/mol. The fourth-order valence-electron chi connectivity index (χ4n) is 1.57. The Morgan fingerprint density at radius 3 is 2.81 bits per heavy atom. The molecule has 3 heterocycles. The van der Waals surface area contributed by atoms with E-state index in [1.807, 2.05) is 6.07 Å². The van der Waals surface area contributed by atoms with Crippen LogP contribution in [0.3, 0.4) is 0 Å². The van der Waals surface area contributed by atoms with Crippen molar-refractivity contribution >= 4 is 5.65 Å². The third-order valence-corrected chi connectivity index (χ3v) is 2.39. The van der Waals surface area contributed by atoms with Gasteiger partial charge in [-0.25, -0.2) is 9.50 Å². The van der Waals surface area contributed by atoms with Crippen molar-refractivity contribution in [2.45, 2.75) is 0 Å². The van der Waals surface area contributed by atoms with Crippen LogP contribution in [0.4, 0.5) is 0 Å². The summed E-state index contributed by atoms with van der Waals surface area (Å²) in [6.45, 7) is 0. The summed E-state index contributed by atoms with van der Waals surface area (Å²) in [6.07, 6.45) is 8.16. The van der Waals surface area contributed by atoms with E-state index < -0.39 is 0 Å². The van der Waals surface area contributed by atoms with Crippen LogP contribution < -0.4 is 4.73 Å². The molecule has 0 radical (unpaired) electrons. The van der Waals surface area contributed by atoms with Crippen molar-refractivity contribution in [3.05, 3.63) is 54.4 Å². The summed E-state index contributed by atoms with van der Waals surface area (Å²) in [7, 11) is 0. The third-order valence-electron chi connectivity index (χ3n) is 2.39. The maximum atomic E-state index is 10.9. The molecule has 5 heteroatoms. The van der Waals surface area contributed by atoms with Crippen molar-refractivity contribution in [3.63, 3.8) is 0 Å². The molecular weight excluding hydrogens is 204 g/mol. The summed E-state index contributed by atoms with van der Waals surface area (Å²) in [5, 5.41) is 15.1. The van der Waals surface area contributed by atoms with Crippen LogP contribution in [-0.4, -0.2) is 14.6 Å². The smallest absolute Gasteiger partial charge is 0.180 e. The molecule has 3 rings (SSSR count). The molecule has 0 aliphatic carbocycles. The Labute approximate surface area is 91.2 Å². The molecule has 0 aromatic carbocycles. The number of hydrogen-bond donors (Lipinski definition) is 0. The van der Waals surface area contributed by atoms with Gasteiger partial charge in [-0.05, 0) is 11.6 Å². The molecule has 0 atom stereocenters. The Hall–Kier alpha value is -2.43. The highest BCUT2D eigenvalue weighted by Crippen LogP contribution is 2.17. The first-order valence-electron chi connectivity index (χ1n) is 4.81. The number of nitrogens with zero attached hydrogens (tertiary/aromatic N) is 4. The normalized spacial score (nSPS) is 10.8. The van der Waals surface area contributed by atoms with Gasteiger partial charge in [0.05, 0.1) is 6.20 Å². The molecule has 0 saturated carbocycles. The molecule has 3 aromatic rings. The van der Waals surface area contributed by atoms with Crippen LogP contribution in [0.15, 0.2) is 49.2 Å². The van der Waals surface area contributed by atoms with Gasteiger partial charge in [0.25, 0.3) is 0 Å². The molecule has 0 aliphatic heterocycles. The molecule has 5 nitrogen and oxygen atoms in total. The highest BCUT2D eigenvalue weighted by Gasteiger charge is 2.02. The van der Waals surface area contributed by atoms with E-state index in [2.05, 4.69) is 10.1 Å². The monoisotopic (exact) mass is 212 g/mol. The lowest BCUT2D eigenvalue weighted by Crippen LogP contribution is -2.23. The molecule has 0 aliphatic rings. The molecule has 0 N–H and O–H groups in total. The van der Waals surface area contributed by atoms with Crippen molar-refractivity contribution < 1.29 is 4.73 Å². The van der Waals surface area contributed by atoms with Crippen LogP contribution in [0, 0.1) is 5.21 Å². The quantitative estimate of drug-likeness (QED) is 0.447. The average Bonchev–Trinajstić information content (AvgIpc) is 2.77. The summed E-state index contributed by atoms with van der Waals surface area (Å²) in [4.78, 5) is 4.16. The van der Waals surface area contributed by atoms with Gasteiger partial charge in [0.1, 0.15) is 0 Å². The van der Waals surface area contributed by atoms with Crippen LogP contribution in [-0.2, 0) is 0 Å². The fraction of sp³-hybridized carbons (Fsp3) is 0. The van der Waals surface area contributed by atoms with Gasteiger partial charge in [-0.3, -0.25) is 0 Å². The molecule has 0 unspecified atom stereocenters. The minimum atomic E-state index is 0.755. The second-order valence-electron chi connectivity index (χ2n) is 3.42. The molecular formula is C11H8N4O. The van der Waals surface area contributed by atoms with E-state index in [0.29, 0.717) is 0 Å². The largest absolute Gasteiger partial charge is 0.619 e. The molecule has 16 heavy (non-hydrogen) atoms. The lowest BCUT2D eigenvalue weighted by Gasteiger charge is -2.01. The van der Waals surface area contributed by atoms with Crippen LogP contribution >= 0.6 is 0 Å². The maximum Gasteiger partial charge on any atom is 0.180 e. The van der Waals surface area contributed by atoms with E-state index in [0.717, 1.165) is 21.5 Å². The SMILES string of the molecule is [O-][n+]1ccc(-c2cnn3ccnc3c2)cc1. The number of aromatic nitrogens is 4. The fourth-order valence-corrected chi connectivity index (χ4v) is 1.57. The van der Waals surface area contributed by atoms with Gasteiger partial charge in [0, 0.05) is 30.1 Å². The summed E-state index contributed by atoms with van der Waals surface area (Å²) in [5.41, 5.74) is 2.68. The van der Waals surface area contributed by atoms with E-state index in [1.165, 1.54) is 12.4 Å². The third kappa shape index (κ3) is 1.38. The number of imidazole rings is 1. The zero-order valence-electron chi connectivity index (χ0n) is 8.32. The van der Waals surface area contributed by atoms with Gasteiger partial charge in [-0.15, -0.1) is 0 Å². The van der Waals surface area contributed by atoms with Gasteiger partial charge in [0.15, 0.2) is 18.0 Å². The van der Waals surface area contributed by atoms with Gasteiger partial charge in [-0.2, -0.15) is 9.83 Å². The van der Waals surface area contributed by atoms with Crippen molar-refractivity contribution in [3.8, 4) is 11.1 Å². The van der Waals surface area contributed by atoms with Crippen LogP contribution in [0.5, 0.6) is 0 Å². The van der Waals surface area contributed by atoms with Crippen molar-refractivity contribution in [2.75, 3.05) is 0 Å². The Morgan fingerprint density at radius 1 is 1.19 bits per heavy atom. The lowest BCUT2D eigenvalue weighted by atomic mass is 10.1. The van der Waals surface area contributed by atoms with Gasteiger partial charge >= 0.3 is 0 Å². The predicted octanol–water partition coefficient (Wildman–Crippen LogP) is 1.03. The zero-order chi connectivity index (χ0) is 11.0. The molecule has 78 valence electrons. The van der Waals surface area contributed by atoms with Gasteiger partial charge < -0.3 is 5.21 Å². The second-order valence-corrected chi connectivity index (χ2v) is 3.42. The second kappa shape index (κ2) is 3.30. The number of fused-ring (bicyclic) bond motifs is 1. The summed E-state index contributed by atoms with van der Waals surface area (Å²) < 4.78 is 2.45. The molecule has 0 bridgehead atoms. The number of hydrogen-bond acceptors (Lipinski definition) is 3. The standard InChI is InChI=1S/C11H8N4O/c16-14-4-1-9(2-5-14)10-7-11-12-3-6-15(11)13-8-10/h1-8H. The number of rotatable bonds is 1. The molecule has 0 spiro atoms. The van der Waals surface area contributed by atoms with Crippen molar-refractivity contribution in [1.29, 1.82) is 0 Å². The maximum absolute atomic E-state index is 10.9. The van der Waals surface area contributed by atoms with Gasteiger partial charge in [0.2, 0.25) is 0 Å². The highest BCUT2D eigenvalue weighted by molar-refractivity contribution is 5.65. The Kier molecular flexibility index (Phi) is 1.83. The average molecular weight is 212 g/mol. The minimum absolute atomic E-state index is 0.755. The summed E-state index contributed by atoms with van der Waals surface area (Å²) in [5.74, 6) is 0. The van der Waals surface area contributed by atoms with E-state index in [4.69, 9.17) is 0 Å².